The molecule has 0 atom stereocenters. The summed E-state index contributed by atoms with van der Waals surface area (Å²) in [6, 6.07) is 18.2. The Kier molecular flexibility index (Phi) is 31.5. The van der Waals surface area contributed by atoms with E-state index in [1.807, 2.05) is 0 Å². The Morgan fingerprint density at radius 3 is 1.18 bits per heavy atom. The lowest BCUT2D eigenvalue weighted by Crippen LogP contribution is -1.95. The third-order valence-corrected chi connectivity index (χ3v) is 11.7. The van der Waals surface area contributed by atoms with Gasteiger partial charge in [-0.2, -0.15) is 0 Å². The van der Waals surface area contributed by atoms with Gasteiger partial charge in [-0.15, -0.1) is 4.79 Å². The first-order valence-electron chi connectivity index (χ1n) is 24.1. The fourth-order valence-electron chi connectivity index (χ4n) is 8.11. The highest BCUT2D eigenvalue weighted by molar-refractivity contribution is 5.83. The smallest absolute Gasteiger partial charge is 0.303 e. The van der Waals surface area contributed by atoms with Crippen molar-refractivity contribution in [2.24, 2.45) is 0 Å². The van der Waals surface area contributed by atoms with Gasteiger partial charge in [0.1, 0.15) is 0 Å². The minimum Gasteiger partial charge on any atom is -0.348 e. The molecule has 0 saturated heterocycles. The van der Waals surface area contributed by atoms with Gasteiger partial charge < -0.3 is 5.53 Å². The average Bonchev–Trinajstić information content (AvgIpc) is 3.20. The number of hydrogen-bond acceptors (Lipinski definition) is 0. The number of unbranched alkanes of at least 4 members (excludes halogenated alkanes) is 28. The van der Waals surface area contributed by atoms with E-state index in [-0.39, 0.29) is 0 Å². The van der Waals surface area contributed by atoms with Crippen molar-refractivity contribution < 1.29 is 4.79 Å². The molecule has 0 unspecified atom stereocenters. The predicted molar refractivity (Wildman–Crippen MR) is 244 cm³/mol. The van der Waals surface area contributed by atoms with E-state index >= 15 is 0 Å². The Balaban J connectivity index is 1.62. The minimum absolute atomic E-state index is 0.877. The third kappa shape index (κ3) is 26.0. The van der Waals surface area contributed by atoms with Gasteiger partial charge >= 0.3 is 5.87 Å². The van der Waals surface area contributed by atoms with Gasteiger partial charge in [0, 0.05) is 0 Å². The Labute approximate surface area is 342 Å². The van der Waals surface area contributed by atoms with Crippen LogP contribution in [0, 0.1) is 0 Å². The summed E-state index contributed by atoms with van der Waals surface area (Å²) in [6.45, 7) is 6.81. The molecule has 0 fully saturated rings. The van der Waals surface area contributed by atoms with Crippen LogP contribution in [0.3, 0.4) is 0 Å². The van der Waals surface area contributed by atoms with Crippen molar-refractivity contribution >= 4 is 11.4 Å². The minimum atomic E-state index is 0.877. The highest BCUT2D eigenvalue weighted by Crippen LogP contribution is 2.28. The Morgan fingerprint density at radius 1 is 0.455 bits per heavy atom. The molecule has 0 bridgehead atoms. The van der Waals surface area contributed by atoms with Gasteiger partial charge in [0.15, 0.2) is 0 Å². The van der Waals surface area contributed by atoms with E-state index in [1.54, 1.807) is 0 Å². The molecule has 2 heteroatoms. The largest absolute Gasteiger partial charge is 0.348 e. The molecule has 2 nitrogen and oxygen atoms in total. The van der Waals surface area contributed by atoms with Gasteiger partial charge in [0.25, 0.3) is 0 Å². The second kappa shape index (κ2) is 35.7. The SMILES string of the molecule is CCCCCCCCCCCCCCCCCCCCCCCCCCCc1cccc(C(=CC(=C=[N+]=[N-])CCCCCC)c2cccc(CCCC)c2)c1. The van der Waals surface area contributed by atoms with E-state index in [1.165, 1.54) is 220 Å². The molecule has 0 aliphatic heterocycles. The molecule has 0 radical (unpaired) electrons. The first kappa shape index (κ1) is 48.5. The van der Waals surface area contributed by atoms with Gasteiger partial charge in [0.2, 0.25) is 0 Å². The van der Waals surface area contributed by atoms with Crippen LogP contribution < -0.4 is 0 Å². The van der Waals surface area contributed by atoms with Crippen LogP contribution >= 0.6 is 0 Å². The zero-order valence-corrected chi connectivity index (χ0v) is 36.6. The second-order valence-electron chi connectivity index (χ2n) is 16.8. The van der Waals surface area contributed by atoms with Crippen LogP contribution in [0.1, 0.15) is 248 Å². The summed E-state index contributed by atoms with van der Waals surface area (Å²) >= 11 is 0. The zero-order valence-electron chi connectivity index (χ0n) is 36.6. The highest BCUT2D eigenvalue weighted by atomic mass is 14.8. The maximum atomic E-state index is 9.45. The molecule has 0 aliphatic carbocycles. The molecule has 0 amide bonds. The molecule has 0 heterocycles. The maximum absolute atomic E-state index is 9.45. The molecule has 0 spiro atoms. The Bertz CT molecular complexity index is 1310. The molecular weight excluding hydrogens is 665 g/mol. The fourth-order valence-corrected chi connectivity index (χ4v) is 8.11. The lowest BCUT2D eigenvalue weighted by molar-refractivity contribution is 0.00746. The van der Waals surface area contributed by atoms with Crippen LogP contribution in [0.25, 0.3) is 11.1 Å². The molecule has 0 aromatic heterocycles. The molecule has 2 aromatic rings. The molecule has 55 heavy (non-hydrogen) atoms. The number of rotatable bonds is 37. The summed E-state index contributed by atoms with van der Waals surface area (Å²) in [7, 11) is 0. The van der Waals surface area contributed by atoms with E-state index in [4.69, 9.17) is 0 Å². The molecule has 308 valence electrons. The normalized spacial score (nSPS) is 11.5. The first-order valence-corrected chi connectivity index (χ1v) is 24.1. The molecule has 0 aliphatic rings. The summed E-state index contributed by atoms with van der Waals surface area (Å²) in [6.07, 6.45) is 48.3. The molecule has 0 N–H and O–H groups in total. The fraction of sp³-hybridized carbons (Fsp3) is 0.698. The van der Waals surface area contributed by atoms with E-state index in [2.05, 4.69) is 86.0 Å². The van der Waals surface area contributed by atoms with Crippen LogP contribution in [-0.4, -0.2) is 10.7 Å². The molecular formula is C53H86N2. The Morgan fingerprint density at radius 2 is 0.800 bits per heavy atom. The van der Waals surface area contributed by atoms with Crippen molar-refractivity contribution in [3.05, 3.63) is 88.0 Å². The van der Waals surface area contributed by atoms with E-state index in [9.17, 15) is 5.53 Å². The van der Waals surface area contributed by atoms with E-state index in [0.29, 0.717) is 0 Å². The van der Waals surface area contributed by atoms with Crippen molar-refractivity contribution in [2.75, 3.05) is 0 Å². The number of benzene rings is 2. The van der Waals surface area contributed by atoms with Crippen LogP contribution in [-0.2, 0) is 12.8 Å². The first-order chi connectivity index (χ1) is 27.2. The van der Waals surface area contributed by atoms with Gasteiger partial charge in [-0.25, -0.2) is 0 Å². The number of nitrogens with zero attached hydrogens (tertiary/aromatic N) is 2. The lowest BCUT2D eigenvalue weighted by atomic mass is 9.91. The molecule has 0 saturated carbocycles. The van der Waals surface area contributed by atoms with Gasteiger partial charge in [0.05, 0.1) is 5.57 Å². The van der Waals surface area contributed by atoms with E-state index < -0.39 is 0 Å². The number of hydrogen-bond donors (Lipinski definition) is 0. The summed E-state index contributed by atoms with van der Waals surface area (Å²) in [5, 5.41) is 0. The summed E-state index contributed by atoms with van der Waals surface area (Å²) in [5.41, 5.74) is 16.9. The van der Waals surface area contributed by atoms with Crippen molar-refractivity contribution in [2.45, 2.75) is 239 Å². The molecule has 2 rings (SSSR count). The van der Waals surface area contributed by atoms with E-state index in [0.717, 1.165) is 31.3 Å². The van der Waals surface area contributed by atoms with Crippen molar-refractivity contribution in [3.63, 3.8) is 0 Å². The zero-order chi connectivity index (χ0) is 39.3. The summed E-state index contributed by atoms with van der Waals surface area (Å²) in [5.74, 6) is 2.91. The maximum Gasteiger partial charge on any atom is 0.303 e. The molecule has 2 aromatic carbocycles. The predicted octanol–water partition coefficient (Wildman–Crippen LogP) is 17.6. The Hall–Kier alpha value is -2.66. The van der Waals surface area contributed by atoms with Crippen LogP contribution in [0.4, 0.5) is 0 Å². The van der Waals surface area contributed by atoms with Crippen molar-refractivity contribution in [1.82, 2.24) is 0 Å². The lowest BCUT2D eigenvalue weighted by Gasteiger charge is -2.13. The van der Waals surface area contributed by atoms with Crippen LogP contribution in [0.2, 0.25) is 0 Å². The standard InChI is InChI=1S/C53H86N2/c1-4-7-10-12-13-14-15-16-17-18-19-20-21-22-23-24-25-26-27-28-29-30-31-32-34-38-49-41-36-43-52(45-49)53(46-50(47-55-54)39-33-11-8-5-2)51-42-35-40-48(44-51)37-9-6-3/h35-36,40-46H,4-34,37-39H2,1-3H3. The van der Waals surface area contributed by atoms with Crippen LogP contribution in [0.5, 0.6) is 0 Å². The van der Waals surface area contributed by atoms with Gasteiger partial charge in [-0.3, -0.25) is 0 Å². The average molecular weight is 751 g/mol. The quantitative estimate of drug-likeness (QED) is 0.0217. The topological polar surface area (TPSA) is 36.4 Å². The van der Waals surface area contributed by atoms with Gasteiger partial charge in [-0.05, 0) is 72.4 Å². The number of allylic oxidation sites excluding steroid dienone is 2. The second-order valence-corrected chi connectivity index (χ2v) is 16.8. The summed E-state index contributed by atoms with van der Waals surface area (Å²) < 4.78 is 0. The third-order valence-electron chi connectivity index (χ3n) is 11.7. The van der Waals surface area contributed by atoms with Crippen molar-refractivity contribution in [1.29, 1.82) is 0 Å². The summed E-state index contributed by atoms with van der Waals surface area (Å²) in [4.78, 5) is 3.34. The van der Waals surface area contributed by atoms with Crippen molar-refractivity contribution in [3.8, 4) is 0 Å². The van der Waals surface area contributed by atoms with Crippen LogP contribution in [0.15, 0.2) is 60.2 Å². The monoisotopic (exact) mass is 751 g/mol. The highest BCUT2D eigenvalue weighted by Gasteiger charge is 2.11. The number of aryl methyl sites for hydroxylation is 2. The van der Waals surface area contributed by atoms with Gasteiger partial charge in [-0.1, -0.05) is 249 Å².